The molecule has 8 heteroatoms. The van der Waals surface area contributed by atoms with Crippen LogP contribution in [0.25, 0.3) is 5.69 Å². The molecule has 7 nitrogen and oxygen atoms in total. The second-order valence-corrected chi connectivity index (χ2v) is 5.30. The molecular formula is C14H19ClN6O. The standard InChI is InChI=1S/C14H18N6O.ClH/c1-10-4-5-12(7-13(10)20-9-16-18-19-20)17-14(21)8-11-3-2-6-15-11;/h4-5,7,9,11,15H,2-3,6,8H2,1H3,(H,17,21);1H. The first-order valence-corrected chi connectivity index (χ1v) is 7.09. The third-order valence-electron chi connectivity index (χ3n) is 3.68. The van der Waals surface area contributed by atoms with Crippen molar-refractivity contribution in [3.8, 4) is 5.69 Å². The smallest absolute Gasteiger partial charge is 0.225 e. The van der Waals surface area contributed by atoms with Crippen LogP contribution >= 0.6 is 12.4 Å². The van der Waals surface area contributed by atoms with Gasteiger partial charge in [0.15, 0.2) is 0 Å². The van der Waals surface area contributed by atoms with Crippen LogP contribution < -0.4 is 10.6 Å². The number of nitrogens with zero attached hydrogens (tertiary/aromatic N) is 4. The van der Waals surface area contributed by atoms with E-state index in [2.05, 4.69) is 26.2 Å². The molecule has 0 aliphatic carbocycles. The third-order valence-corrected chi connectivity index (χ3v) is 3.68. The highest BCUT2D eigenvalue weighted by molar-refractivity contribution is 5.91. The lowest BCUT2D eigenvalue weighted by molar-refractivity contribution is -0.116. The molecule has 2 aromatic rings. The Balaban J connectivity index is 0.00000176. The van der Waals surface area contributed by atoms with Crippen molar-refractivity contribution < 1.29 is 4.79 Å². The van der Waals surface area contributed by atoms with Gasteiger partial charge in [-0.05, 0) is 54.4 Å². The topological polar surface area (TPSA) is 84.7 Å². The number of carbonyl (C=O) groups excluding carboxylic acids is 1. The van der Waals surface area contributed by atoms with Gasteiger partial charge in [-0.25, -0.2) is 4.68 Å². The first kappa shape index (κ1) is 16.4. The maximum atomic E-state index is 12.1. The van der Waals surface area contributed by atoms with E-state index in [0.29, 0.717) is 12.5 Å². The van der Waals surface area contributed by atoms with Gasteiger partial charge in [0.2, 0.25) is 5.91 Å². The Hall–Kier alpha value is -1.99. The molecule has 118 valence electrons. The van der Waals surface area contributed by atoms with E-state index in [9.17, 15) is 4.79 Å². The van der Waals surface area contributed by atoms with Crippen LogP contribution in [0.15, 0.2) is 24.5 Å². The van der Waals surface area contributed by atoms with Crippen molar-refractivity contribution in [2.45, 2.75) is 32.2 Å². The Morgan fingerprint density at radius 2 is 2.36 bits per heavy atom. The van der Waals surface area contributed by atoms with Gasteiger partial charge < -0.3 is 10.6 Å². The van der Waals surface area contributed by atoms with Crippen LogP contribution in [0, 0.1) is 6.92 Å². The molecular weight excluding hydrogens is 304 g/mol. The van der Waals surface area contributed by atoms with Gasteiger partial charge in [-0.15, -0.1) is 17.5 Å². The summed E-state index contributed by atoms with van der Waals surface area (Å²) in [6.45, 7) is 2.98. The summed E-state index contributed by atoms with van der Waals surface area (Å²) in [5.41, 5.74) is 2.66. The molecule has 1 aliphatic heterocycles. The summed E-state index contributed by atoms with van der Waals surface area (Å²) < 4.78 is 1.59. The Morgan fingerprint density at radius 1 is 1.50 bits per heavy atom. The maximum Gasteiger partial charge on any atom is 0.225 e. The number of aryl methyl sites for hydroxylation is 1. The number of aromatic nitrogens is 4. The van der Waals surface area contributed by atoms with Crippen LogP contribution in [0.3, 0.4) is 0 Å². The Bertz CT molecular complexity index is 624. The molecule has 0 radical (unpaired) electrons. The summed E-state index contributed by atoms with van der Waals surface area (Å²) in [6.07, 6.45) is 4.26. The fourth-order valence-corrected chi connectivity index (χ4v) is 2.57. The molecule has 0 saturated carbocycles. The number of anilines is 1. The van der Waals surface area contributed by atoms with Gasteiger partial charge in [0.1, 0.15) is 6.33 Å². The van der Waals surface area contributed by atoms with E-state index in [0.717, 1.165) is 36.3 Å². The van der Waals surface area contributed by atoms with Crippen molar-refractivity contribution in [1.29, 1.82) is 0 Å². The minimum Gasteiger partial charge on any atom is -0.326 e. The highest BCUT2D eigenvalue weighted by Gasteiger charge is 2.17. The predicted octanol–water partition coefficient (Wildman–Crippen LogP) is 1.47. The Labute approximate surface area is 134 Å². The fraction of sp³-hybridized carbons (Fsp3) is 0.429. The molecule has 1 amide bonds. The van der Waals surface area contributed by atoms with E-state index in [1.165, 1.54) is 6.33 Å². The molecule has 1 aromatic carbocycles. The van der Waals surface area contributed by atoms with E-state index < -0.39 is 0 Å². The maximum absolute atomic E-state index is 12.1. The molecule has 1 aromatic heterocycles. The average molecular weight is 323 g/mol. The number of amides is 1. The molecule has 2 heterocycles. The minimum absolute atomic E-state index is 0. The van der Waals surface area contributed by atoms with Crippen molar-refractivity contribution in [1.82, 2.24) is 25.5 Å². The molecule has 2 N–H and O–H groups in total. The quantitative estimate of drug-likeness (QED) is 0.890. The second-order valence-electron chi connectivity index (χ2n) is 5.30. The first-order valence-electron chi connectivity index (χ1n) is 7.09. The average Bonchev–Trinajstić information content (AvgIpc) is 3.13. The summed E-state index contributed by atoms with van der Waals surface area (Å²) in [4.78, 5) is 12.1. The van der Waals surface area contributed by atoms with Crippen molar-refractivity contribution >= 4 is 24.0 Å². The zero-order valence-corrected chi connectivity index (χ0v) is 13.1. The van der Waals surface area contributed by atoms with E-state index in [1.807, 2.05) is 25.1 Å². The molecule has 1 unspecified atom stereocenters. The Kier molecular flexibility index (Phi) is 5.46. The summed E-state index contributed by atoms with van der Waals surface area (Å²) in [5.74, 6) is 0.0286. The number of benzene rings is 1. The number of carbonyl (C=O) groups is 1. The van der Waals surface area contributed by atoms with Crippen LogP contribution in [0.4, 0.5) is 5.69 Å². The third kappa shape index (κ3) is 3.80. The number of hydrogen-bond acceptors (Lipinski definition) is 5. The highest BCUT2D eigenvalue weighted by Crippen LogP contribution is 2.19. The van der Waals surface area contributed by atoms with Gasteiger partial charge in [-0.1, -0.05) is 6.07 Å². The largest absolute Gasteiger partial charge is 0.326 e. The van der Waals surface area contributed by atoms with Crippen molar-refractivity contribution in [3.05, 3.63) is 30.1 Å². The molecule has 1 fully saturated rings. The molecule has 0 bridgehead atoms. The molecule has 1 saturated heterocycles. The zero-order valence-electron chi connectivity index (χ0n) is 12.3. The first-order chi connectivity index (χ1) is 10.2. The summed E-state index contributed by atoms with van der Waals surface area (Å²) in [6, 6.07) is 6.02. The molecule has 1 atom stereocenters. The number of nitrogens with one attached hydrogen (secondary N) is 2. The van der Waals surface area contributed by atoms with Gasteiger partial charge >= 0.3 is 0 Å². The highest BCUT2D eigenvalue weighted by atomic mass is 35.5. The van der Waals surface area contributed by atoms with Crippen molar-refractivity contribution in [2.75, 3.05) is 11.9 Å². The lowest BCUT2D eigenvalue weighted by Gasteiger charge is -2.12. The van der Waals surface area contributed by atoms with Gasteiger partial charge in [0.25, 0.3) is 0 Å². The monoisotopic (exact) mass is 322 g/mol. The lowest BCUT2D eigenvalue weighted by atomic mass is 10.1. The van der Waals surface area contributed by atoms with E-state index in [1.54, 1.807) is 4.68 Å². The van der Waals surface area contributed by atoms with Gasteiger partial charge in [0.05, 0.1) is 5.69 Å². The summed E-state index contributed by atoms with van der Waals surface area (Å²) >= 11 is 0. The van der Waals surface area contributed by atoms with E-state index in [4.69, 9.17) is 0 Å². The SMILES string of the molecule is Cc1ccc(NC(=O)CC2CCCN2)cc1-n1cnnn1.Cl. The van der Waals surface area contributed by atoms with Crippen LogP contribution in [0.2, 0.25) is 0 Å². The van der Waals surface area contributed by atoms with E-state index in [-0.39, 0.29) is 18.3 Å². The molecule has 22 heavy (non-hydrogen) atoms. The minimum atomic E-state index is 0. The van der Waals surface area contributed by atoms with Crippen LogP contribution in [-0.2, 0) is 4.79 Å². The lowest BCUT2D eigenvalue weighted by Crippen LogP contribution is -2.27. The summed E-state index contributed by atoms with van der Waals surface area (Å²) in [7, 11) is 0. The van der Waals surface area contributed by atoms with E-state index >= 15 is 0 Å². The summed E-state index contributed by atoms with van der Waals surface area (Å²) in [5, 5.41) is 17.4. The van der Waals surface area contributed by atoms with Crippen molar-refractivity contribution in [3.63, 3.8) is 0 Å². The molecule has 0 spiro atoms. The number of rotatable bonds is 4. The zero-order chi connectivity index (χ0) is 14.7. The molecule has 3 rings (SSSR count). The van der Waals surface area contributed by atoms with Crippen LogP contribution in [0.5, 0.6) is 0 Å². The van der Waals surface area contributed by atoms with Gasteiger partial charge in [-0.2, -0.15) is 0 Å². The van der Waals surface area contributed by atoms with Crippen LogP contribution in [0.1, 0.15) is 24.8 Å². The van der Waals surface area contributed by atoms with Crippen molar-refractivity contribution in [2.24, 2.45) is 0 Å². The molecule has 1 aliphatic rings. The predicted molar refractivity (Wildman–Crippen MR) is 85.4 cm³/mol. The van der Waals surface area contributed by atoms with Crippen LogP contribution in [-0.4, -0.2) is 38.7 Å². The fourth-order valence-electron chi connectivity index (χ4n) is 2.57. The van der Waals surface area contributed by atoms with Gasteiger partial charge in [0, 0.05) is 18.2 Å². The number of hydrogen-bond donors (Lipinski definition) is 2. The number of tetrazole rings is 1. The number of halogens is 1. The van der Waals surface area contributed by atoms with Gasteiger partial charge in [-0.3, -0.25) is 4.79 Å². The Morgan fingerprint density at radius 3 is 3.05 bits per heavy atom. The normalized spacial score (nSPS) is 17.0. The second kappa shape index (κ2) is 7.33.